The molecule has 4 unspecified atom stereocenters. The molecule has 0 aromatic carbocycles. The van der Waals surface area contributed by atoms with Crippen molar-refractivity contribution in [1.82, 2.24) is 0 Å². The highest BCUT2D eigenvalue weighted by atomic mass is 16.5. The molecule has 0 aromatic rings. The molecule has 1 rings (SSSR count). The Morgan fingerprint density at radius 3 is 1.55 bits per heavy atom. The summed E-state index contributed by atoms with van der Waals surface area (Å²) in [5, 5.41) is 0. The largest absolute Gasteiger partial charge is 0.366 e. The molecule has 0 N–H and O–H groups in total. The fraction of sp³-hybridized carbons (Fsp3) is 0.600. The number of hydrogen-bond donors (Lipinski definition) is 0. The van der Waals surface area contributed by atoms with Gasteiger partial charge in [-0.3, -0.25) is 0 Å². The van der Waals surface area contributed by atoms with E-state index in [4.69, 9.17) is 4.74 Å². The van der Waals surface area contributed by atoms with Crippen molar-refractivity contribution in [2.45, 2.75) is 26.1 Å². The standard InChI is InChI=1S/C10H16O/c1-5-9-7(3)8(4)10(6-2)11-9/h5-10H,1-2H2,3-4H3. The van der Waals surface area contributed by atoms with Crippen LogP contribution in [0.3, 0.4) is 0 Å². The summed E-state index contributed by atoms with van der Waals surface area (Å²) >= 11 is 0. The van der Waals surface area contributed by atoms with E-state index in [1.54, 1.807) is 0 Å². The topological polar surface area (TPSA) is 9.23 Å². The minimum atomic E-state index is 0.216. The van der Waals surface area contributed by atoms with Crippen LogP contribution in [0.2, 0.25) is 0 Å². The maximum Gasteiger partial charge on any atom is 0.0790 e. The molecule has 1 heterocycles. The van der Waals surface area contributed by atoms with E-state index in [0.717, 1.165) is 0 Å². The molecule has 0 saturated carbocycles. The van der Waals surface area contributed by atoms with Crippen LogP contribution in [0.5, 0.6) is 0 Å². The predicted octanol–water partition coefficient (Wildman–Crippen LogP) is 2.40. The zero-order chi connectivity index (χ0) is 8.43. The summed E-state index contributed by atoms with van der Waals surface area (Å²) in [5.74, 6) is 1.13. The summed E-state index contributed by atoms with van der Waals surface area (Å²) in [4.78, 5) is 0. The molecule has 4 atom stereocenters. The lowest BCUT2D eigenvalue weighted by Gasteiger charge is -2.11. The summed E-state index contributed by atoms with van der Waals surface area (Å²) in [6.45, 7) is 11.9. The van der Waals surface area contributed by atoms with Gasteiger partial charge in [-0.1, -0.05) is 26.0 Å². The van der Waals surface area contributed by atoms with Gasteiger partial charge < -0.3 is 4.74 Å². The first-order valence-corrected chi connectivity index (χ1v) is 4.11. The van der Waals surface area contributed by atoms with Crippen molar-refractivity contribution in [3.8, 4) is 0 Å². The van der Waals surface area contributed by atoms with Crippen molar-refractivity contribution in [1.29, 1.82) is 0 Å². The number of ether oxygens (including phenoxy) is 1. The Labute approximate surface area is 68.8 Å². The zero-order valence-electron chi connectivity index (χ0n) is 7.29. The van der Waals surface area contributed by atoms with Crippen LogP contribution in [-0.4, -0.2) is 12.2 Å². The van der Waals surface area contributed by atoms with Gasteiger partial charge in [0, 0.05) is 0 Å². The van der Waals surface area contributed by atoms with Crippen molar-refractivity contribution in [2.24, 2.45) is 11.8 Å². The van der Waals surface area contributed by atoms with Crippen LogP contribution in [0.4, 0.5) is 0 Å². The van der Waals surface area contributed by atoms with Crippen LogP contribution in [0.15, 0.2) is 25.3 Å². The van der Waals surface area contributed by atoms with Gasteiger partial charge in [0.2, 0.25) is 0 Å². The van der Waals surface area contributed by atoms with Crippen LogP contribution in [0, 0.1) is 11.8 Å². The predicted molar refractivity (Wildman–Crippen MR) is 47.4 cm³/mol. The van der Waals surface area contributed by atoms with Gasteiger partial charge in [0.15, 0.2) is 0 Å². The minimum Gasteiger partial charge on any atom is -0.366 e. The molecule has 62 valence electrons. The van der Waals surface area contributed by atoms with E-state index >= 15 is 0 Å². The van der Waals surface area contributed by atoms with Crippen molar-refractivity contribution in [3.05, 3.63) is 25.3 Å². The van der Waals surface area contributed by atoms with Crippen LogP contribution < -0.4 is 0 Å². The molecule has 1 aliphatic heterocycles. The van der Waals surface area contributed by atoms with Gasteiger partial charge in [-0.05, 0) is 11.8 Å². The van der Waals surface area contributed by atoms with Crippen molar-refractivity contribution < 1.29 is 4.74 Å². The first kappa shape index (κ1) is 8.54. The molecule has 1 fully saturated rings. The Morgan fingerprint density at radius 2 is 1.36 bits per heavy atom. The third-order valence-corrected chi connectivity index (χ3v) is 2.64. The third kappa shape index (κ3) is 1.38. The minimum absolute atomic E-state index is 0.216. The second-order valence-electron chi connectivity index (χ2n) is 3.25. The van der Waals surface area contributed by atoms with Gasteiger partial charge >= 0.3 is 0 Å². The average Bonchev–Trinajstić information content (AvgIpc) is 2.30. The second-order valence-corrected chi connectivity index (χ2v) is 3.25. The van der Waals surface area contributed by atoms with E-state index in [1.807, 2.05) is 12.2 Å². The molecule has 0 spiro atoms. The van der Waals surface area contributed by atoms with Crippen molar-refractivity contribution in [2.75, 3.05) is 0 Å². The van der Waals surface area contributed by atoms with Gasteiger partial charge in [-0.2, -0.15) is 0 Å². The van der Waals surface area contributed by atoms with Gasteiger partial charge in [0.05, 0.1) is 12.2 Å². The lowest BCUT2D eigenvalue weighted by molar-refractivity contribution is 0.0859. The number of rotatable bonds is 2. The fourth-order valence-corrected chi connectivity index (χ4v) is 1.57. The summed E-state index contributed by atoms with van der Waals surface area (Å²) in [6, 6.07) is 0. The molecular formula is C10H16O. The molecule has 1 heteroatoms. The smallest absolute Gasteiger partial charge is 0.0790 e. The average molecular weight is 152 g/mol. The molecule has 0 amide bonds. The van der Waals surface area contributed by atoms with Crippen LogP contribution in [-0.2, 0) is 4.74 Å². The lowest BCUT2D eigenvalue weighted by atomic mass is 9.90. The SMILES string of the molecule is C=CC1OC(C=C)C(C)C1C. The molecular weight excluding hydrogens is 136 g/mol. The summed E-state index contributed by atoms with van der Waals surface area (Å²) in [5.41, 5.74) is 0. The van der Waals surface area contributed by atoms with Crippen molar-refractivity contribution >= 4 is 0 Å². The number of hydrogen-bond acceptors (Lipinski definition) is 1. The summed E-state index contributed by atoms with van der Waals surface area (Å²) < 4.78 is 5.65. The van der Waals surface area contributed by atoms with E-state index in [-0.39, 0.29) is 12.2 Å². The second kappa shape index (κ2) is 3.22. The van der Waals surface area contributed by atoms with Gasteiger partial charge in [0.25, 0.3) is 0 Å². The molecule has 11 heavy (non-hydrogen) atoms. The van der Waals surface area contributed by atoms with E-state index in [0.29, 0.717) is 11.8 Å². The van der Waals surface area contributed by atoms with Gasteiger partial charge in [-0.25, -0.2) is 0 Å². The molecule has 0 bridgehead atoms. The Bertz CT molecular complexity index is 144. The normalized spacial score (nSPS) is 43.8. The maximum atomic E-state index is 5.65. The molecule has 0 radical (unpaired) electrons. The summed E-state index contributed by atoms with van der Waals surface area (Å²) in [7, 11) is 0. The van der Waals surface area contributed by atoms with Gasteiger partial charge in [-0.15, -0.1) is 13.2 Å². The quantitative estimate of drug-likeness (QED) is 0.552. The first-order valence-electron chi connectivity index (χ1n) is 4.11. The van der Waals surface area contributed by atoms with E-state index in [1.165, 1.54) is 0 Å². The fourth-order valence-electron chi connectivity index (χ4n) is 1.57. The monoisotopic (exact) mass is 152 g/mol. The zero-order valence-corrected chi connectivity index (χ0v) is 7.29. The lowest BCUT2D eigenvalue weighted by Crippen LogP contribution is -2.13. The Balaban J connectivity index is 2.67. The van der Waals surface area contributed by atoms with Crippen LogP contribution >= 0.6 is 0 Å². The van der Waals surface area contributed by atoms with Crippen LogP contribution in [0.25, 0.3) is 0 Å². The Hall–Kier alpha value is -0.560. The highest BCUT2D eigenvalue weighted by molar-refractivity contribution is 5.00. The molecule has 0 aromatic heterocycles. The maximum absolute atomic E-state index is 5.65. The highest BCUT2D eigenvalue weighted by Gasteiger charge is 2.35. The third-order valence-electron chi connectivity index (χ3n) is 2.64. The molecule has 0 aliphatic carbocycles. The van der Waals surface area contributed by atoms with Gasteiger partial charge in [0.1, 0.15) is 0 Å². The highest BCUT2D eigenvalue weighted by Crippen LogP contribution is 2.32. The van der Waals surface area contributed by atoms with Crippen molar-refractivity contribution in [3.63, 3.8) is 0 Å². The van der Waals surface area contributed by atoms with Crippen LogP contribution in [0.1, 0.15) is 13.8 Å². The van der Waals surface area contributed by atoms with E-state index < -0.39 is 0 Å². The molecule has 1 nitrogen and oxygen atoms in total. The van der Waals surface area contributed by atoms with E-state index in [9.17, 15) is 0 Å². The Morgan fingerprint density at radius 1 is 1.00 bits per heavy atom. The molecule has 1 saturated heterocycles. The first-order chi connectivity index (χ1) is 5.20. The molecule has 1 aliphatic rings. The summed E-state index contributed by atoms with van der Waals surface area (Å²) in [6.07, 6.45) is 4.19. The van der Waals surface area contributed by atoms with E-state index in [2.05, 4.69) is 27.0 Å². The Kier molecular flexibility index (Phi) is 2.50.